The quantitative estimate of drug-likeness (QED) is 0.349. The van der Waals surface area contributed by atoms with Crippen LogP contribution in [0.1, 0.15) is 39.7 Å². The van der Waals surface area contributed by atoms with Gasteiger partial charge >= 0.3 is 11.4 Å². The van der Waals surface area contributed by atoms with Gasteiger partial charge in [-0.2, -0.15) is 0 Å². The number of nitrogens with zero attached hydrogens (tertiary/aromatic N) is 3. The minimum absolute atomic E-state index is 0.212. The largest absolute Gasteiger partial charge is 0.417 e. The Hall–Kier alpha value is -2.42. The molecule has 0 bridgehead atoms. The van der Waals surface area contributed by atoms with Crippen molar-refractivity contribution in [2.24, 2.45) is 0 Å². The first-order valence-electron chi connectivity index (χ1n) is 11.7. The van der Waals surface area contributed by atoms with Crippen LogP contribution in [-0.2, 0) is 15.7 Å². The first kappa shape index (κ1) is 23.7. The lowest BCUT2D eigenvalue weighted by Crippen LogP contribution is -2.40. The molecule has 8 heteroatoms. The molecule has 0 amide bonds. The Kier molecular flexibility index (Phi) is 6.53. The smallest absolute Gasteiger partial charge is 0.352 e. The SMILES string of the molecule is CC(C)(C)[Si](C)(C)OCCC/C=C/C1OCC2=CCn3c(=O)n(-c4ccccc4)c(=O)n3C21. The molecule has 1 saturated heterocycles. The fourth-order valence-electron chi connectivity index (χ4n) is 4.12. The van der Waals surface area contributed by atoms with Gasteiger partial charge in [0.15, 0.2) is 8.32 Å². The summed E-state index contributed by atoms with van der Waals surface area (Å²) in [5.41, 5.74) is 0.988. The summed E-state index contributed by atoms with van der Waals surface area (Å²) in [6.07, 6.45) is 7.71. The highest BCUT2D eigenvalue weighted by Crippen LogP contribution is 2.36. The predicted octanol–water partition coefficient (Wildman–Crippen LogP) is 4.04. The number of fused-ring (bicyclic) bond motifs is 3. The van der Waals surface area contributed by atoms with Gasteiger partial charge < -0.3 is 9.16 Å². The molecule has 2 aromatic rings. The van der Waals surface area contributed by atoms with Gasteiger partial charge in [-0.15, -0.1) is 0 Å². The van der Waals surface area contributed by atoms with Crippen molar-refractivity contribution in [1.29, 1.82) is 0 Å². The number of benzene rings is 1. The van der Waals surface area contributed by atoms with Crippen molar-refractivity contribution >= 4 is 8.32 Å². The molecule has 2 aliphatic heterocycles. The number of rotatable bonds is 7. The molecule has 1 fully saturated rings. The third-order valence-corrected chi connectivity index (χ3v) is 11.6. The summed E-state index contributed by atoms with van der Waals surface area (Å²) in [4.78, 5) is 26.3. The number of para-hydroxylation sites is 1. The molecule has 7 nitrogen and oxygen atoms in total. The van der Waals surface area contributed by atoms with Gasteiger partial charge in [0.1, 0.15) is 12.1 Å². The Bertz CT molecular complexity index is 1160. The predicted molar refractivity (Wildman–Crippen MR) is 133 cm³/mol. The maximum Gasteiger partial charge on any atom is 0.352 e. The van der Waals surface area contributed by atoms with Gasteiger partial charge in [0.25, 0.3) is 0 Å². The van der Waals surface area contributed by atoms with Crippen LogP contribution >= 0.6 is 0 Å². The summed E-state index contributed by atoms with van der Waals surface area (Å²) >= 11 is 0. The first-order chi connectivity index (χ1) is 15.6. The van der Waals surface area contributed by atoms with Gasteiger partial charge in [0.2, 0.25) is 0 Å². The highest BCUT2D eigenvalue weighted by Gasteiger charge is 2.39. The van der Waals surface area contributed by atoms with Gasteiger partial charge in [-0.05, 0) is 48.7 Å². The summed E-state index contributed by atoms with van der Waals surface area (Å²) < 4.78 is 16.6. The highest BCUT2D eigenvalue weighted by atomic mass is 28.4. The van der Waals surface area contributed by atoms with Gasteiger partial charge in [-0.1, -0.05) is 57.2 Å². The van der Waals surface area contributed by atoms with E-state index in [0.717, 1.165) is 25.0 Å². The van der Waals surface area contributed by atoms with E-state index in [1.165, 1.54) is 9.25 Å². The van der Waals surface area contributed by atoms with Crippen LogP contribution in [0.2, 0.25) is 18.1 Å². The minimum atomic E-state index is -1.72. The van der Waals surface area contributed by atoms with Gasteiger partial charge in [0, 0.05) is 6.61 Å². The van der Waals surface area contributed by atoms with Crippen LogP contribution in [0.15, 0.2) is 63.7 Å². The van der Waals surface area contributed by atoms with E-state index in [0.29, 0.717) is 18.8 Å². The zero-order valence-corrected chi connectivity index (χ0v) is 21.3. The molecule has 0 radical (unpaired) electrons. The molecule has 4 rings (SSSR count). The van der Waals surface area contributed by atoms with Crippen LogP contribution < -0.4 is 11.4 Å². The van der Waals surface area contributed by atoms with Crippen molar-refractivity contribution in [3.05, 3.63) is 75.1 Å². The molecule has 178 valence electrons. The molecule has 2 atom stereocenters. The maximum absolute atomic E-state index is 13.3. The van der Waals surface area contributed by atoms with E-state index < -0.39 is 8.32 Å². The highest BCUT2D eigenvalue weighted by molar-refractivity contribution is 6.74. The van der Waals surface area contributed by atoms with E-state index in [9.17, 15) is 9.59 Å². The van der Waals surface area contributed by atoms with Gasteiger partial charge in [-0.3, -0.25) is 0 Å². The summed E-state index contributed by atoms with van der Waals surface area (Å²) in [6.45, 7) is 12.9. The van der Waals surface area contributed by atoms with Crippen LogP contribution in [0.4, 0.5) is 0 Å². The fourth-order valence-corrected chi connectivity index (χ4v) is 5.21. The number of hydrogen-bond acceptors (Lipinski definition) is 4. The Morgan fingerprint density at radius 1 is 1.15 bits per heavy atom. The van der Waals surface area contributed by atoms with Gasteiger partial charge in [0.05, 0.1) is 18.8 Å². The number of allylic oxidation sites excluding steroid dienone is 2. The average molecular weight is 470 g/mol. The second-order valence-corrected chi connectivity index (χ2v) is 15.2. The molecule has 2 unspecified atom stereocenters. The molecule has 0 saturated carbocycles. The summed E-state index contributed by atoms with van der Waals surface area (Å²) in [7, 11) is -1.72. The molecular weight excluding hydrogens is 434 g/mol. The van der Waals surface area contributed by atoms with Crippen molar-refractivity contribution < 1.29 is 9.16 Å². The van der Waals surface area contributed by atoms with Crippen LogP contribution in [-0.4, -0.2) is 41.6 Å². The van der Waals surface area contributed by atoms with E-state index >= 15 is 0 Å². The molecule has 3 heterocycles. The average Bonchev–Trinajstić information content (AvgIpc) is 3.28. The van der Waals surface area contributed by atoms with Crippen molar-refractivity contribution in [2.45, 2.75) is 70.4 Å². The Labute approximate surface area is 196 Å². The normalized spacial score (nSPS) is 20.7. The van der Waals surface area contributed by atoms with Crippen LogP contribution in [0.5, 0.6) is 0 Å². The summed E-state index contributed by atoms with van der Waals surface area (Å²) in [5.74, 6) is 0. The molecule has 0 aliphatic carbocycles. The second-order valence-electron chi connectivity index (χ2n) is 10.3. The lowest BCUT2D eigenvalue weighted by Gasteiger charge is -2.36. The zero-order chi connectivity index (χ0) is 23.8. The summed E-state index contributed by atoms with van der Waals surface area (Å²) in [5, 5.41) is 0.212. The molecule has 33 heavy (non-hydrogen) atoms. The van der Waals surface area contributed by atoms with Gasteiger partial charge in [-0.25, -0.2) is 23.5 Å². The first-order valence-corrected chi connectivity index (χ1v) is 14.6. The topological polar surface area (TPSA) is 67.4 Å². The van der Waals surface area contributed by atoms with Crippen molar-refractivity contribution in [1.82, 2.24) is 13.9 Å². The lowest BCUT2D eigenvalue weighted by molar-refractivity contribution is 0.123. The third-order valence-electron chi connectivity index (χ3n) is 7.11. The van der Waals surface area contributed by atoms with E-state index in [-0.39, 0.29) is 28.6 Å². The van der Waals surface area contributed by atoms with E-state index in [1.807, 2.05) is 30.4 Å². The van der Waals surface area contributed by atoms with Crippen LogP contribution in [0.25, 0.3) is 5.69 Å². The summed E-state index contributed by atoms with van der Waals surface area (Å²) in [6, 6.07) is 8.78. The Balaban J connectivity index is 1.47. The van der Waals surface area contributed by atoms with Crippen molar-refractivity contribution in [2.75, 3.05) is 13.2 Å². The zero-order valence-electron chi connectivity index (χ0n) is 20.3. The Morgan fingerprint density at radius 3 is 2.58 bits per heavy atom. The van der Waals surface area contributed by atoms with Crippen LogP contribution in [0.3, 0.4) is 0 Å². The molecular formula is C25H35N3O4Si. The number of unbranched alkanes of at least 4 members (excludes halogenated alkanes) is 1. The third kappa shape index (κ3) is 4.52. The van der Waals surface area contributed by atoms with Crippen molar-refractivity contribution in [3.63, 3.8) is 0 Å². The molecule has 0 spiro atoms. The standard InChI is InChI=1S/C25H35N3O4Si/c1-25(2,3)33(4,5)32-17-11-7-10-14-21-22-19(18-31-21)15-16-26-23(29)27(24(30)28(22)26)20-12-8-6-9-13-20/h6,8-10,12-15,21-22H,7,11,16-18H2,1-5H3/b14-10+. The second kappa shape index (κ2) is 9.08. The molecule has 1 aromatic carbocycles. The number of hydrogen-bond donors (Lipinski definition) is 0. The lowest BCUT2D eigenvalue weighted by atomic mass is 10.0. The van der Waals surface area contributed by atoms with Crippen molar-refractivity contribution in [3.8, 4) is 5.69 Å². The molecule has 0 N–H and O–H groups in total. The monoisotopic (exact) mass is 469 g/mol. The Morgan fingerprint density at radius 2 is 1.88 bits per heavy atom. The van der Waals surface area contributed by atoms with E-state index in [4.69, 9.17) is 9.16 Å². The number of ether oxygens (including phenoxy) is 1. The molecule has 1 aromatic heterocycles. The molecule has 2 aliphatic rings. The fraction of sp³-hybridized carbons (Fsp3) is 0.520. The minimum Gasteiger partial charge on any atom is -0.417 e. The van der Waals surface area contributed by atoms with E-state index in [1.54, 1.807) is 16.8 Å². The number of aromatic nitrogens is 3. The van der Waals surface area contributed by atoms with Crippen LogP contribution in [0, 0.1) is 0 Å². The maximum atomic E-state index is 13.3. The van der Waals surface area contributed by atoms with E-state index in [2.05, 4.69) is 39.9 Å².